The lowest BCUT2D eigenvalue weighted by molar-refractivity contribution is 0.0671. The van der Waals surface area contributed by atoms with Crippen molar-refractivity contribution in [3.05, 3.63) is 65.1 Å². The van der Waals surface area contributed by atoms with Gasteiger partial charge in [-0.1, -0.05) is 30.3 Å². The monoisotopic (exact) mass is 404 g/mol. The number of nitrogens with one attached hydrogen (secondary N) is 2. The van der Waals surface area contributed by atoms with Crippen molar-refractivity contribution < 1.29 is 4.79 Å². The smallest absolute Gasteiger partial charge is 0.259 e. The molecule has 3 aromatic rings. The number of hydrogen-bond acceptors (Lipinski definition) is 5. The summed E-state index contributed by atoms with van der Waals surface area (Å²) in [5.74, 6) is 1.05. The number of amides is 1. The number of carbonyl (C=O) groups is 1. The van der Waals surface area contributed by atoms with Gasteiger partial charge in [0.1, 0.15) is 5.56 Å². The first-order valence-corrected chi connectivity index (χ1v) is 10.8. The fourth-order valence-corrected chi connectivity index (χ4v) is 5.04. The Morgan fingerprint density at radius 2 is 1.90 bits per heavy atom. The van der Waals surface area contributed by atoms with Gasteiger partial charge in [0.15, 0.2) is 5.65 Å². The van der Waals surface area contributed by atoms with E-state index in [4.69, 9.17) is 0 Å². The molecule has 0 aliphatic carbocycles. The topological polar surface area (TPSA) is 74.6 Å². The predicted molar refractivity (Wildman–Crippen MR) is 115 cm³/mol. The highest BCUT2D eigenvalue weighted by Crippen LogP contribution is 2.32. The van der Waals surface area contributed by atoms with Crippen LogP contribution in [0.2, 0.25) is 0 Å². The zero-order valence-corrected chi connectivity index (χ0v) is 17.5. The first-order chi connectivity index (χ1) is 14.6. The summed E-state index contributed by atoms with van der Waals surface area (Å²) in [7, 11) is 0. The number of piperidine rings is 1. The van der Waals surface area contributed by atoms with Gasteiger partial charge in [-0.15, -0.1) is 0 Å². The highest BCUT2D eigenvalue weighted by atomic mass is 16.2. The quantitative estimate of drug-likeness (QED) is 0.702. The molecule has 5 rings (SSSR count). The van der Waals surface area contributed by atoms with Crippen LogP contribution in [0.1, 0.15) is 46.1 Å². The van der Waals surface area contributed by atoms with E-state index in [0.29, 0.717) is 29.1 Å². The van der Waals surface area contributed by atoms with Crippen LogP contribution in [0.3, 0.4) is 0 Å². The van der Waals surface area contributed by atoms with Gasteiger partial charge in [0.2, 0.25) is 0 Å². The summed E-state index contributed by atoms with van der Waals surface area (Å²) >= 11 is 0. The van der Waals surface area contributed by atoms with E-state index in [1.54, 1.807) is 10.7 Å². The van der Waals surface area contributed by atoms with Gasteiger partial charge >= 0.3 is 0 Å². The molecule has 2 fully saturated rings. The van der Waals surface area contributed by atoms with E-state index in [2.05, 4.69) is 51.3 Å². The lowest BCUT2D eigenvalue weighted by Crippen LogP contribution is -2.45. The normalized spacial score (nSPS) is 22.7. The molecule has 2 aromatic heterocycles. The Balaban J connectivity index is 1.29. The number of benzene rings is 1. The Morgan fingerprint density at radius 3 is 2.67 bits per heavy atom. The van der Waals surface area contributed by atoms with Crippen LogP contribution in [0.5, 0.6) is 0 Å². The molecule has 0 radical (unpaired) electrons. The van der Waals surface area contributed by atoms with Crippen molar-refractivity contribution in [2.24, 2.45) is 5.92 Å². The first-order valence-electron chi connectivity index (χ1n) is 10.8. The van der Waals surface area contributed by atoms with Gasteiger partial charge in [0, 0.05) is 43.0 Å². The number of aromatic nitrogens is 3. The number of likely N-dealkylation sites (tertiary alicyclic amines) is 1. The Morgan fingerprint density at radius 1 is 1.13 bits per heavy atom. The standard InChI is InChI=1S/C23H28N6O/c1-15-12-16(2)29-22(26-15)20(14-25-29)23(30)28-10-8-18(9-11-28)21-19(13-24-27-21)17-6-4-3-5-7-17/h3-7,12,14,18-19,21,24,27H,8-11,13H2,1-2H3. The molecule has 2 atom stereocenters. The SMILES string of the molecule is Cc1cc(C)n2ncc(C(=O)N3CCC(C4NNCC4c4ccccc4)CC3)c2n1. The van der Waals surface area contributed by atoms with Gasteiger partial charge in [0.25, 0.3) is 5.91 Å². The largest absolute Gasteiger partial charge is 0.338 e. The molecule has 30 heavy (non-hydrogen) atoms. The molecule has 0 bridgehead atoms. The molecule has 4 heterocycles. The van der Waals surface area contributed by atoms with E-state index in [9.17, 15) is 4.79 Å². The summed E-state index contributed by atoms with van der Waals surface area (Å²) in [6, 6.07) is 13.1. The van der Waals surface area contributed by atoms with Crippen LogP contribution in [0.4, 0.5) is 0 Å². The zero-order chi connectivity index (χ0) is 20.7. The number of hydrogen-bond donors (Lipinski definition) is 2. The molecule has 1 amide bonds. The fraction of sp³-hybridized carbons (Fsp3) is 0.435. The molecule has 0 spiro atoms. The average Bonchev–Trinajstić information content (AvgIpc) is 3.41. The van der Waals surface area contributed by atoms with Crippen molar-refractivity contribution in [1.82, 2.24) is 30.3 Å². The maximum atomic E-state index is 13.2. The van der Waals surface area contributed by atoms with Crippen molar-refractivity contribution in [3.63, 3.8) is 0 Å². The summed E-state index contributed by atoms with van der Waals surface area (Å²) in [6.07, 6.45) is 3.66. The molecular formula is C23H28N6O. The van der Waals surface area contributed by atoms with Crippen molar-refractivity contribution in [2.75, 3.05) is 19.6 Å². The van der Waals surface area contributed by atoms with Gasteiger partial charge < -0.3 is 4.90 Å². The van der Waals surface area contributed by atoms with E-state index in [-0.39, 0.29) is 5.91 Å². The summed E-state index contributed by atoms with van der Waals surface area (Å²) in [5.41, 5.74) is 11.4. The van der Waals surface area contributed by atoms with E-state index in [1.165, 1.54) is 5.56 Å². The summed E-state index contributed by atoms with van der Waals surface area (Å²) in [4.78, 5) is 19.7. The van der Waals surface area contributed by atoms with E-state index < -0.39 is 0 Å². The van der Waals surface area contributed by atoms with Gasteiger partial charge in [-0.2, -0.15) is 5.10 Å². The number of aryl methyl sites for hydroxylation is 2. The molecule has 2 unspecified atom stereocenters. The minimum Gasteiger partial charge on any atom is -0.338 e. The Labute approximate surface area is 176 Å². The minimum atomic E-state index is 0.0399. The highest BCUT2D eigenvalue weighted by molar-refractivity contribution is 5.99. The van der Waals surface area contributed by atoms with Gasteiger partial charge in [-0.25, -0.2) is 9.50 Å². The number of nitrogens with zero attached hydrogens (tertiary/aromatic N) is 4. The summed E-state index contributed by atoms with van der Waals surface area (Å²) in [6.45, 7) is 6.42. The summed E-state index contributed by atoms with van der Waals surface area (Å²) < 4.78 is 1.76. The third-order valence-corrected chi connectivity index (χ3v) is 6.59. The Kier molecular flexibility index (Phi) is 5.00. The van der Waals surface area contributed by atoms with E-state index >= 15 is 0 Å². The molecule has 2 saturated heterocycles. The summed E-state index contributed by atoms with van der Waals surface area (Å²) in [5, 5.41) is 4.39. The minimum absolute atomic E-state index is 0.0399. The van der Waals surface area contributed by atoms with Crippen LogP contribution in [0.15, 0.2) is 42.6 Å². The van der Waals surface area contributed by atoms with Crippen LogP contribution < -0.4 is 10.9 Å². The van der Waals surface area contributed by atoms with Crippen LogP contribution >= 0.6 is 0 Å². The number of carbonyl (C=O) groups excluding carboxylic acids is 1. The maximum absolute atomic E-state index is 13.2. The first kappa shape index (κ1) is 19.2. The van der Waals surface area contributed by atoms with Crippen LogP contribution in [-0.4, -0.2) is 51.1 Å². The third kappa shape index (κ3) is 3.38. The zero-order valence-electron chi connectivity index (χ0n) is 17.5. The lowest BCUT2D eigenvalue weighted by atomic mass is 9.80. The Hall–Kier alpha value is -2.77. The van der Waals surface area contributed by atoms with Crippen LogP contribution in [0.25, 0.3) is 5.65 Å². The second-order valence-electron chi connectivity index (χ2n) is 8.53. The van der Waals surface area contributed by atoms with Crippen molar-refractivity contribution >= 4 is 11.6 Å². The van der Waals surface area contributed by atoms with Gasteiger partial charge in [-0.3, -0.25) is 15.6 Å². The van der Waals surface area contributed by atoms with Gasteiger partial charge in [-0.05, 0) is 44.2 Å². The molecule has 2 N–H and O–H groups in total. The second-order valence-corrected chi connectivity index (χ2v) is 8.53. The fourth-order valence-electron chi connectivity index (χ4n) is 5.04. The van der Waals surface area contributed by atoms with Crippen molar-refractivity contribution in [3.8, 4) is 0 Å². The Bertz CT molecular complexity index is 1050. The maximum Gasteiger partial charge on any atom is 0.259 e. The molecule has 1 aromatic carbocycles. The number of hydrazine groups is 1. The highest BCUT2D eigenvalue weighted by Gasteiger charge is 2.37. The molecule has 0 saturated carbocycles. The molecule has 7 nitrogen and oxygen atoms in total. The van der Waals surface area contributed by atoms with Crippen LogP contribution in [-0.2, 0) is 0 Å². The van der Waals surface area contributed by atoms with Gasteiger partial charge in [0.05, 0.1) is 6.20 Å². The molecule has 7 heteroatoms. The predicted octanol–water partition coefficient (Wildman–Crippen LogP) is 2.46. The number of fused-ring (bicyclic) bond motifs is 1. The molecule has 2 aliphatic rings. The van der Waals surface area contributed by atoms with E-state index in [1.807, 2.05) is 24.8 Å². The van der Waals surface area contributed by atoms with Crippen molar-refractivity contribution in [2.45, 2.75) is 38.6 Å². The third-order valence-electron chi connectivity index (χ3n) is 6.59. The molecule has 2 aliphatic heterocycles. The molecule has 156 valence electrons. The average molecular weight is 405 g/mol. The molecular weight excluding hydrogens is 376 g/mol. The van der Waals surface area contributed by atoms with Crippen LogP contribution in [0, 0.1) is 19.8 Å². The van der Waals surface area contributed by atoms with Crippen molar-refractivity contribution in [1.29, 1.82) is 0 Å². The van der Waals surface area contributed by atoms with E-state index in [0.717, 1.165) is 43.9 Å². The second kappa shape index (κ2) is 7.81. The lowest BCUT2D eigenvalue weighted by Gasteiger charge is -2.36. The number of rotatable bonds is 3.